The van der Waals surface area contributed by atoms with Crippen molar-refractivity contribution in [1.82, 2.24) is 19.9 Å². The Hall–Kier alpha value is -3.80. The van der Waals surface area contributed by atoms with Gasteiger partial charge >= 0.3 is 0 Å². The molecule has 26 heavy (non-hydrogen) atoms. The fourth-order valence-corrected chi connectivity index (χ4v) is 2.61. The predicted octanol–water partition coefficient (Wildman–Crippen LogP) is 3.99. The number of pyridine rings is 4. The Morgan fingerprint density at radius 2 is 1.15 bits per heavy atom. The van der Waals surface area contributed by atoms with Crippen LogP contribution in [0.25, 0.3) is 11.4 Å². The molecule has 6 heteroatoms. The maximum atomic E-state index is 5.81. The topological polar surface area (TPSA) is 80.8 Å². The van der Waals surface area contributed by atoms with Gasteiger partial charge < -0.3 is 5.73 Å². The van der Waals surface area contributed by atoms with Crippen molar-refractivity contribution in [3.8, 4) is 11.4 Å². The van der Waals surface area contributed by atoms with Crippen LogP contribution in [0.4, 0.5) is 23.3 Å². The van der Waals surface area contributed by atoms with E-state index in [2.05, 4.69) is 15.0 Å². The number of nitrogen functional groups attached to an aromatic ring is 1. The average molecular weight is 340 g/mol. The molecule has 6 nitrogen and oxygen atoms in total. The van der Waals surface area contributed by atoms with Crippen LogP contribution in [0.1, 0.15) is 0 Å². The van der Waals surface area contributed by atoms with Gasteiger partial charge in [-0.25, -0.2) is 19.9 Å². The first-order valence-corrected chi connectivity index (χ1v) is 8.13. The summed E-state index contributed by atoms with van der Waals surface area (Å²) >= 11 is 0. The van der Waals surface area contributed by atoms with Crippen LogP contribution >= 0.6 is 0 Å². The molecule has 0 radical (unpaired) electrons. The Balaban J connectivity index is 1.83. The Bertz CT molecular complexity index is 965. The van der Waals surface area contributed by atoms with Gasteiger partial charge in [0.25, 0.3) is 0 Å². The first-order chi connectivity index (χ1) is 12.8. The second-order valence-electron chi connectivity index (χ2n) is 5.54. The zero-order valence-electron chi connectivity index (χ0n) is 13.9. The molecule has 0 saturated carbocycles. The van der Waals surface area contributed by atoms with Gasteiger partial charge in [0, 0.05) is 12.4 Å². The van der Waals surface area contributed by atoms with Crippen LogP contribution in [-0.4, -0.2) is 19.9 Å². The molecular weight excluding hydrogens is 324 g/mol. The third kappa shape index (κ3) is 3.21. The molecule has 126 valence electrons. The lowest BCUT2D eigenvalue weighted by molar-refractivity contribution is 1.08. The molecular formula is C20H16N6. The lowest BCUT2D eigenvalue weighted by atomic mass is 10.2. The van der Waals surface area contributed by atoms with Crippen molar-refractivity contribution in [2.75, 3.05) is 10.6 Å². The van der Waals surface area contributed by atoms with Crippen molar-refractivity contribution >= 4 is 23.3 Å². The molecule has 4 rings (SSSR count). The maximum Gasteiger partial charge on any atom is 0.140 e. The maximum absolute atomic E-state index is 5.81. The van der Waals surface area contributed by atoms with Gasteiger partial charge in [-0.2, -0.15) is 0 Å². The van der Waals surface area contributed by atoms with Crippen LogP contribution in [0, 0.1) is 0 Å². The number of anilines is 4. The average Bonchev–Trinajstić information content (AvgIpc) is 2.70. The van der Waals surface area contributed by atoms with Crippen LogP contribution in [0.15, 0.2) is 85.2 Å². The van der Waals surface area contributed by atoms with E-state index < -0.39 is 0 Å². The number of aromatic nitrogens is 4. The smallest absolute Gasteiger partial charge is 0.140 e. The van der Waals surface area contributed by atoms with Gasteiger partial charge in [0.05, 0.1) is 11.4 Å². The van der Waals surface area contributed by atoms with E-state index in [-0.39, 0.29) is 0 Å². The van der Waals surface area contributed by atoms with Crippen LogP contribution in [0.2, 0.25) is 0 Å². The molecule has 0 bridgehead atoms. The Labute approximate surface area is 151 Å². The fourth-order valence-electron chi connectivity index (χ4n) is 2.61. The van der Waals surface area contributed by atoms with Crippen LogP contribution in [0.3, 0.4) is 0 Å². The van der Waals surface area contributed by atoms with E-state index in [0.29, 0.717) is 17.3 Å². The van der Waals surface area contributed by atoms with Gasteiger partial charge in [0.2, 0.25) is 0 Å². The zero-order valence-corrected chi connectivity index (χ0v) is 13.9. The van der Waals surface area contributed by atoms with E-state index >= 15 is 0 Å². The van der Waals surface area contributed by atoms with Crippen LogP contribution < -0.4 is 10.6 Å². The molecule has 0 aromatic carbocycles. The quantitative estimate of drug-likeness (QED) is 0.605. The Kier molecular flexibility index (Phi) is 4.22. The van der Waals surface area contributed by atoms with Crippen molar-refractivity contribution in [3.63, 3.8) is 0 Å². The Morgan fingerprint density at radius 1 is 0.577 bits per heavy atom. The summed E-state index contributed by atoms with van der Waals surface area (Å²) < 4.78 is 0. The number of rotatable bonds is 4. The lowest BCUT2D eigenvalue weighted by Gasteiger charge is -2.22. The summed E-state index contributed by atoms with van der Waals surface area (Å²) in [7, 11) is 0. The van der Waals surface area contributed by atoms with Gasteiger partial charge in [-0.1, -0.05) is 24.3 Å². The van der Waals surface area contributed by atoms with E-state index in [1.54, 1.807) is 18.5 Å². The minimum Gasteiger partial charge on any atom is -0.384 e. The van der Waals surface area contributed by atoms with Gasteiger partial charge in [0.15, 0.2) is 0 Å². The second kappa shape index (κ2) is 6.98. The molecule has 4 heterocycles. The standard InChI is InChI=1S/C20H16N6/c21-17-9-5-7-15(24-17)16-8-6-12-20(25-16)26(18-10-1-3-13-22-18)19-11-2-4-14-23-19/h1-14H,(H2,21,24). The third-order valence-corrected chi connectivity index (χ3v) is 3.75. The predicted molar refractivity (Wildman–Crippen MR) is 102 cm³/mol. The summed E-state index contributed by atoms with van der Waals surface area (Å²) in [5.41, 5.74) is 7.25. The van der Waals surface area contributed by atoms with Crippen molar-refractivity contribution in [2.24, 2.45) is 0 Å². The van der Waals surface area contributed by atoms with E-state index in [0.717, 1.165) is 17.3 Å². The molecule has 4 aromatic heterocycles. The molecule has 0 aliphatic heterocycles. The molecule has 4 aromatic rings. The highest BCUT2D eigenvalue weighted by Gasteiger charge is 2.16. The van der Waals surface area contributed by atoms with E-state index in [9.17, 15) is 0 Å². The van der Waals surface area contributed by atoms with Gasteiger partial charge in [-0.15, -0.1) is 0 Å². The van der Waals surface area contributed by atoms with E-state index in [1.807, 2.05) is 71.6 Å². The summed E-state index contributed by atoms with van der Waals surface area (Å²) in [6, 6.07) is 22.7. The van der Waals surface area contributed by atoms with Crippen LogP contribution in [-0.2, 0) is 0 Å². The Morgan fingerprint density at radius 3 is 1.73 bits per heavy atom. The molecule has 0 amide bonds. The number of hydrogen-bond donors (Lipinski definition) is 1. The summed E-state index contributed by atoms with van der Waals surface area (Å²) in [6.45, 7) is 0. The molecule has 0 saturated heterocycles. The number of hydrogen-bond acceptors (Lipinski definition) is 6. The molecule has 0 fully saturated rings. The van der Waals surface area contributed by atoms with E-state index in [1.165, 1.54) is 0 Å². The highest BCUT2D eigenvalue weighted by atomic mass is 15.3. The van der Waals surface area contributed by atoms with Crippen molar-refractivity contribution < 1.29 is 0 Å². The molecule has 2 N–H and O–H groups in total. The van der Waals surface area contributed by atoms with Crippen molar-refractivity contribution in [1.29, 1.82) is 0 Å². The number of nitrogens with two attached hydrogens (primary N) is 1. The minimum atomic E-state index is 0.459. The van der Waals surface area contributed by atoms with E-state index in [4.69, 9.17) is 10.7 Å². The molecule has 0 spiro atoms. The summed E-state index contributed by atoms with van der Waals surface area (Å²) in [5, 5.41) is 0. The zero-order chi connectivity index (χ0) is 17.8. The molecule has 0 unspecified atom stereocenters. The molecule has 0 aliphatic carbocycles. The third-order valence-electron chi connectivity index (χ3n) is 3.75. The summed E-state index contributed by atoms with van der Waals surface area (Å²) in [6.07, 6.45) is 3.49. The highest BCUT2D eigenvalue weighted by molar-refractivity contribution is 5.71. The SMILES string of the molecule is Nc1cccc(-c2cccc(N(c3ccccn3)c3ccccn3)n2)n1. The highest BCUT2D eigenvalue weighted by Crippen LogP contribution is 2.31. The molecule has 0 atom stereocenters. The lowest BCUT2D eigenvalue weighted by Crippen LogP contribution is -2.14. The summed E-state index contributed by atoms with van der Waals surface area (Å²) in [5.74, 6) is 2.62. The fraction of sp³-hybridized carbons (Fsp3) is 0. The second-order valence-corrected chi connectivity index (χ2v) is 5.54. The van der Waals surface area contributed by atoms with Gasteiger partial charge in [-0.3, -0.25) is 4.90 Å². The van der Waals surface area contributed by atoms with Gasteiger partial charge in [0.1, 0.15) is 23.3 Å². The van der Waals surface area contributed by atoms with Crippen molar-refractivity contribution in [2.45, 2.75) is 0 Å². The summed E-state index contributed by atoms with van der Waals surface area (Å²) in [4.78, 5) is 19.9. The van der Waals surface area contributed by atoms with Crippen molar-refractivity contribution in [3.05, 3.63) is 85.2 Å². The van der Waals surface area contributed by atoms with Crippen LogP contribution in [0.5, 0.6) is 0 Å². The monoisotopic (exact) mass is 340 g/mol. The largest absolute Gasteiger partial charge is 0.384 e. The molecule has 0 aliphatic rings. The first-order valence-electron chi connectivity index (χ1n) is 8.13. The van der Waals surface area contributed by atoms with Gasteiger partial charge in [-0.05, 0) is 48.5 Å². The normalized spacial score (nSPS) is 10.5. The first kappa shape index (κ1) is 15.7. The minimum absolute atomic E-state index is 0.459. The number of nitrogens with zero attached hydrogens (tertiary/aromatic N) is 5.